The van der Waals surface area contributed by atoms with Gasteiger partial charge in [0.15, 0.2) is 0 Å². The Labute approximate surface area is 99.9 Å². The molecule has 0 N–H and O–H groups in total. The third kappa shape index (κ3) is 2.21. The van der Waals surface area contributed by atoms with E-state index >= 15 is 0 Å². The summed E-state index contributed by atoms with van der Waals surface area (Å²) in [6.07, 6.45) is 4.73. The van der Waals surface area contributed by atoms with Crippen LogP contribution in [0.3, 0.4) is 0 Å². The Balaban J connectivity index is 2.68. The zero-order valence-electron chi connectivity index (χ0n) is 9.61. The Morgan fingerprint density at radius 2 is 1.82 bits per heavy atom. The van der Waals surface area contributed by atoms with Crippen molar-refractivity contribution in [2.75, 3.05) is 0 Å². The van der Waals surface area contributed by atoms with Gasteiger partial charge in [-0.1, -0.05) is 30.4 Å². The normalized spacial score (nSPS) is 10.4. The summed E-state index contributed by atoms with van der Waals surface area (Å²) in [6, 6.07) is 7.71. The minimum atomic E-state index is -0.283. The average molecular weight is 226 g/mol. The van der Waals surface area contributed by atoms with Gasteiger partial charge in [0.05, 0.1) is 0 Å². The minimum absolute atomic E-state index is 0.283. The van der Waals surface area contributed by atoms with Gasteiger partial charge in [0.2, 0.25) is 0 Å². The lowest BCUT2D eigenvalue weighted by Gasteiger charge is -2.04. The van der Waals surface area contributed by atoms with Crippen LogP contribution in [0.15, 0.2) is 58.8 Å². The van der Waals surface area contributed by atoms with E-state index in [1.165, 1.54) is 0 Å². The lowest BCUT2D eigenvalue weighted by Crippen LogP contribution is -2.06. The maximum Gasteiger partial charge on any atom is 0.339 e. The Morgan fingerprint density at radius 1 is 1.12 bits per heavy atom. The molecule has 1 heterocycles. The number of hydrogen-bond donors (Lipinski definition) is 0. The van der Waals surface area contributed by atoms with Crippen molar-refractivity contribution in [2.24, 2.45) is 0 Å². The second-order valence-corrected chi connectivity index (χ2v) is 3.88. The summed E-state index contributed by atoms with van der Waals surface area (Å²) >= 11 is 0. The molecule has 86 valence electrons. The summed E-state index contributed by atoms with van der Waals surface area (Å²) < 4.78 is 5.38. The Bertz CT molecular complexity index is 620. The largest absolute Gasteiger partial charge is 0.422 e. The SMILES string of the molecule is C=CCc1cc2cccc(CC=C)c2oc1=O. The summed E-state index contributed by atoms with van der Waals surface area (Å²) in [4.78, 5) is 11.7. The molecule has 1 aromatic heterocycles. The van der Waals surface area contributed by atoms with Crippen molar-refractivity contribution in [1.29, 1.82) is 0 Å². The highest BCUT2D eigenvalue weighted by Crippen LogP contribution is 2.19. The van der Waals surface area contributed by atoms with Crippen molar-refractivity contribution in [3.05, 3.63) is 71.1 Å². The maximum absolute atomic E-state index is 11.7. The van der Waals surface area contributed by atoms with Crippen LogP contribution in [0.1, 0.15) is 11.1 Å². The third-order valence-electron chi connectivity index (χ3n) is 2.64. The van der Waals surface area contributed by atoms with Gasteiger partial charge in [-0.15, -0.1) is 13.2 Å². The second kappa shape index (κ2) is 4.83. The van der Waals surface area contributed by atoms with Crippen LogP contribution >= 0.6 is 0 Å². The number of hydrogen-bond acceptors (Lipinski definition) is 2. The first-order valence-corrected chi connectivity index (χ1v) is 5.52. The van der Waals surface area contributed by atoms with E-state index in [-0.39, 0.29) is 5.63 Å². The van der Waals surface area contributed by atoms with E-state index < -0.39 is 0 Å². The summed E-state index contributed by atoms with van der Waals surface area (Å²) in [6.45, 7) is 7.33. The molecule has 0 atom stereocenters. The molecule has 2 nitrogen and oxygen atoms in total. The molecule has 0 aliphatic carbocycles. The minimum Gasteiger partial charge on any atom is -0.422 e. The van der Waals surface area contributed by atoms with Gasteiger partial charge in [-0.05, 0) is 24.5 Å². The summed E-state index contributed by atoms with van der Waals surface area (Å²) in [7, 11) is 0. The lowest BCUT2D eigenvalue weighted by molar-refractivity contribution is 0.550. The third-order valence-corrected chi connectivity index (χ3v) is 2.64. The molecule has 17 heavy (non-hydrogen) atoms. The number of benzene rings is 1. The lowest BCUT2D eigenvalue weighted by atomic mass is 10.1. The fourth-order valence-corrected chi connectivity index (χ4v) is 1.86. The van der Waals surface area contributed by atoms with Crippen molar-refractivity contribution in [3.63, 3.8) is 0 Å². The van der Waals surface area contributed by atoms with Crippen LogP contribution in [0.2, 0.25) is 0 Å². The van der Waals surface area contributed by atoms with Crippen LogP contribution in [-0.4, -0.2) is 0 Å². The average Bonchev–Trinajstić information content (AvgIpc) is 2.32. The van der Waals surface area contributed by atoms with Gasteiger partial charge in [-0.3, -0.25) is 0 Å². The van der Waals surface area contributed by atoms with E-state index in [0.29, 0.717) is 24.0 Å². The van der Waals surface area contributed by atoms with Gasteiger partial charge in [-0.2, -0.15) is 0 Å². The molecule has 2 rings (SSSR count). The molecular formula is C15H14O2. The highest BCUT2D eigenvalue weighted by atomic mass is 16.4. The smallest absolute Gasteiger partial charge is 0.339 e. The van der Waals surface area contributed by atoms with E-state index in [2.05, 4.69) is 13.2 Å². The molecule has 0 bridgehead atoms. The van der Waals surface area contributed by atoms with Crippen LogP contribution in [0.4, 0.5) is 0 Å². The first-order chi connectivity index (χ1) is 8.26. The molecule has 0 saturated carbocycles. The van der Waals surface area contributed by atoms with Gasteiger partial charge >= 0.3 is 5.63 Å². The van der Waals surface area contributed by atoms with E-state index in [1.54, 1.807) is 12.2 Å². The van der Waals surface area contributed by atoms with E-state index in [1.807, 2.05) is 24.3 Å². The number of para-hydroxylation sites is 1. The van der Waals surface area contributed by atoms with Crippen LogP contribution in [0.5, 0.6) is 0 Å². The van der Waals surface area contributed by atoms with Crippen LogP contribution < -0.4 is 5.63 Å². The topological polar surface area (TPSA) is 30.2 Å². The fraction of sp³-hybridized carbons (Fsp3) is 0.133. The molecule has 0 fully saturated rings. The first kappa shape index (κ1) is 11.4. The summed E-state index contributed by atoms with van der Waals surface area (Å²) in [5.41, 5.74) is 2.00. The Kier molecular flexibility index (Phi) is 3.24. The molecule has 2 aromatic rings. The van der Waals surface area contributed by atoms with Crippen molar-refractivity contribution < 1.29 is 4.42 Å². The molecule has 2 heteroatoms. The number of allylic oxidation sites excluding steroid dienone is 2. The van der Waals surface area contributed by atoms with Crippen molar-refractivity contribution in [2.45, 2.75) is 12.8 Å². The molecule has 1 aromatic carbocycles. The number of rotatable bonds is 4. The molecular weight excluding hydrogens is 212 g/mol. The first-order valence-electron chi connectivity index (χ1n) is 5.52. The summed E-state index contributed by atoms with van der Waals surface area (Å²) in [5.74, 6) is 0. The van der Waals surface area contributed by atoms with Crippen LogP contribution in [0, 0.1) is 0 Å². The zero-order chi connectivity index (χ0) is 12.3. The molecule has 0 spiro atoms. The van der Waals surface area contributed by atoms with E-state index in [0.717, 1.165) is 10.9 Å². The van der Waals surface area contributed by atoms with Gasteiger partial charge in [0, 0.05) is 10.9 Å². The van der Waals surface area contributed by atoms with Gasteiger partial charge < -0.3 is 4.42 Å². The van der Waals surface area contributed by atoms with Crippen molar-refractivity contribution >= 4 is 11.0 Å². The Morgan fingerprint density at radius 3 is 2.53 bits per heavy atom. The quantitative estimate of drug-likeness (QED) is 0.591. The Hall–Kier alpha value is -2.09. The predicted octanol–water partition coefficient (Wildman–Crippen LogP) is 3.25. The maximum atomic E-state index is 11.7. The highest BCUT2D eigenvalue weighted by Gasteiger charge is 2.06. The standard InChI is InChI=1S/C15H14O2/c1-3-6-11-8-5-9-12-10-13(7-4-2)15(16)17-14(11)12/h3-5,8-10H,1-2,6-7H2. The van der Waals surface area contributed by atoms with Gasteiger partial charge in [0.1, 0.15) is 5.58 Å². The molecule has 0 aliphatic heterocycles. The zero-order valence-corrected chi connectivity index (χ0v) is 9.61. The molecule has 0 radical (unpaired) electrons. The monoisotopic (exact) mass is 226 g/mol. The van der Waals surface area contributed by atoms with Crippen molar-refractivity contribution in [3.8, 4) is 0 Å². The molecule has 0 amide bonds. The van der Waals surface area contributed by atoms with Crippen molar-refractivity contribution in [1.82, 2.24) is 0 Å². The number of fused-ring (bicyclic) bond motifs is 1. The molecule has 0 aliphatic rings. The van der Waals surface area contributed by atoms with E-state index in [4.69, 9.17) is 4.42 Å². The van der Waals surface area contributed by atoms with Gasteiger partial charge in [-0.25, -0.2) is 4.79 Å². The molecule has 0 unspecified atom stereocenters. The van der Waals surface area contributed by atoms with Crippen LogP contribution in [-0.2, 0) is 12.8 Å². The van der Waals surface area contributed by atoms with Crippen LogP contribution in [0.25, 0.3) is 11.0 Å². The highest BCUT2D eigenvalue weighted by molar-refractivity contribution is 5.80. The van der Waals surface area contributed by atoms with E-state index in [9.17, 15) is 4.79 Å². The van der Waals surface area contributed by atoms with Gasteiger partial charge in [0.25, 0.3) is 0 Å². The second-order valence-electron chi connectivity index (χ2n) is 3.88. The summed E-state index contributed by atoms with van der Waals surface area (Å²) in [5, 5.41) is 0.945. The fourth-order valence-electron chi connectivity index (χ4n) is 1.86. The molecule has 0 saturated heterocycles. The predicted molar refractivity (Wildman–Crippen MR) is 70.3 cm³/mol.